The van der Waals surface area contributed by atoms with E-state index < -0.39 is 10.5 Å². The van der Waals surface area contributed by atoms with Crippen LogP contribution in [-0.4, -0.2) is 27.2 Å². The van der Waals surface area contributed by atoms with Crippen molar-refractivity contribution in [1.82, 2.24) is 4.98 Å². The van der Waals surface area contributed by atoms with Crippen LogP contribution in [0.5, 0.6) is 0 Å². The molecule has 6 heteroatoms. The highest BCUT2D eigenvalue weighted by Gasteiger charge is 2.31. The van der Waals surface area contributed by atoms with Gasteiger partial charge in [0, 0.05) is 12.6 Å². The molecule has 0 aliphatic heterocycles. The minimum Gasteiger partial charge on any atom is -0.388 e. The number of nitro groups is 1. The maximum Gasteiger partial charge on any atom is 0.363 e. The third-order valence-electron chi connectivity index (χ3n) is 3.76. The lowest BCUT2D eigenvalue weighted by atomic mass is 9.79. The number of hydrogen-bond donors (Lipinski definition) is 2. The first kappa shape index (κ1) is 13.7. The second kappa shape index (κ2) is 5.52. The highest BCUT2D eigenvalue weighted by molar-refractivity contribution is 5.43. The lowest BCUT2D eigenvalue weighted by molar-refractivity contribution is -0.389. The third kappa shape index (κ3) is 3.64. The monoisotopic (exact) mass is 265 g/mol. The number of aliphatic hydroxyl groups is 1. The van der Waals surface area contributed by atoms with Gasteiger partial charge in [0.15, 0.2) is 6.20 Å². The van der Waals surface area contributed by atoms with Crippen LogP contribution in [0.4, 0.5) is 11.5 Å². The minimum absolute atomic E-state index is 0.171. The maximum absolute atomic E-state index is 10.5. The Bertz CT molecular complexity index is 439. The van der Waals surface area contributed by atoms with Crippen molar-refractivity contribution in [3.8, 4) is 0 Å². The van der Waals surface area contributed by atoms with E-state index in [9.17, 15) is 15.2 Å². The van der Waals surface area contributed by atoms with Crippen molar-refractivity contribution in [2.75, 3.05) is 11.9 Å². The van der Waals surface area contributed by atoms with E-state index in [1.54, 1.807) is 6.07 Å². The van der Waals surface area contributed by atoms with Gasteiger partial charge in [-0.25, -0.2) is 0 Å². The number of anilines is 1. The topological polar surface area (TPSA) is 88.3 Å². The molecule has 0 bridgehead atoms. The third-order valence-corrected chi connectivity index (χ3v) is 3.76. The van der Waals surface area contributed by atoms with E-state index in [1.165, 1.54) is 12.3 Å². The van der Waals surface area contributed by atoms with Crippen molar-refractivity contribution in [2.24, 2.45) is 5.92 Å². The summed E-state index contributed by atoms with van der Waals surface area (Å²) in [5.41, 5.74) is 0.0199. The summed E-state index contributed by atoms with van der Waals surface area (Å²) in [7, 11) is 0. The quantitative estimate of drug-likeness (QED) is 0.644. The van der Waals surface area contributed by atoms with Crippen molar-refractivity contribution >= 4 is 11.5 Å². The standard InChI is InChI=1S/C13H19N3O3/c1-10-4-6-13(17,7-5-10)9-15-11-2-3-12(14-8-11)16(18)19/h2-3,8,10,15,17H,4-7,9H2,1H3. The summed E-state index contributed by atoms with van der Waals surface area (Å²) in [6, 6.07) is 2.97. The van der Waals surface area contributed by atoms with Gasteiger partial charge in [-0.15, -0.1) is 0 Å². The molecule has 1 aromatic heterocycles. The van der Waals surface area contributed by atoms with Crippen LogP contribution in [0.3, 0.4) is 0 Å². The lowest BCUT2D eigenvalue weighted by Crippen LogP contribution is -2.40. The van der Waals surface area contributed by atoms with Crippen molar-refractivity contribution in [2.45, 2.75) is 38.2 Å². The van der Waals surface area contributed by atoms with Gasteiger partial charge >= 0.3 is 5.82 Å². The number of aromatic nitrogens is 1. The van der Waals surface area contributed by atoms with Gasteiger partial charge in [0.2, 0.25) is 0 Å². The molecule has 0 radical (unpaired) electrons. The van der Waals surface area contributed by atoms with Crippen LogP contribution in [0, 0.1) is 16.0 Å². The molecule has 19 heavy (non-hydrogen) atoms. The smallest absolute Gasteiger partial charge is 0.363 e. The van der Waals surface area contributed by atoms with E-state index in [0.717, 1.165) is 25.7 Å². The molecule has 2 N–H and O–H groups in total. The summed E-state index contributed by atoms with van der Waals surface area (Å²) in [6.07, 6.45) is 5.09. The zero-order chi connectivity index (χ0) is 13.9. The molecule has 1 aliphatic rings. The molecule has 1 heterocycles. The summed E-state index contributed by atoms with van der Waals surface area (Å²) < 4.78 is 0. The molecule has 0 aromatic carbocycles. The van der Waals surface area contributed by atoms with Gasteiger partial charge in [-0.1, -0.05) is 6.92 Å². The SMILES string of the molecule is CC1CCC(O)(CNc2ccc([N+](=O)[O-])nc2)CC1. The van der Waals surface area contributed by atoms with Crippen molar-refractivity contribution < 1.29 is 10.0 Å². The van der Waals surface area contributed by atoms with Crippen molar-refractivity contribution in [1.29, 1.82) is 0 Å². The highest BCUT2D eigenvalue weighted by atomic mass is 16.6. The molecule has 0 saturated heterocycles. The fraction of sp³-hybridized carbons (Fsp3) is 0.615. The predicted molar refractivity (Wildman–Crippen MR) is 72.0 cm³/mol. The molecule has 0 atom stereocenters. The van der Waals surface area contributed by atoms with Gasteiger partial charge in [0.1, 0.15) is 0 Å². The maximum atomic E-state index is 10.5. The van der Waals surface area contributed by atoms with Gasteiger partial charge in [-0.05, 0) is 47.6 Å². The molecule has 1 aromatic rings. The minimum atomic E-state index is -0.672. The Balaban J connectivity index is 1.89. The van der Waals surface area contributed by atoms with Crippen LogP contribution in [0.2, 0.25) is 0 Å². The van der Waals surface area contributed by atoms with Crippen LogP contribution in [-0.2, 0) is 0 Å². The molecule has 104 valence electrons. The molecule has 2 rings (SSSR count). The molecule has 1 fully saturated rings. The van der Waals surface area contributed by atoms with Crippen molar-refractivity contribution in [3.05, 3.63) is 28.4 Å². The molecule has 0 amide bonds. The summed E-state index contributed by atoms with van der Waals surface area (Å²) in [5, 5.41) is 24.0. The molecule has 0 unspecified atom stereocenters. The molecule has 6 nitrogen and oxygen atoms in total. The Morgan fingerprint density at radius 2 is 2.21 bits per heavy atom. The predicted octanol–water partition coefficient (Wildman–Crippen LogP) is 2.34. The average molecular weight is 265 g/mol. The Labute approximate surface area is 112 Å². The lowest BCUT2D eigenvalue weighted by Gasteiger charge is -2.35. The fourth-order valence-corrected chi connectivity index (χ4v) is 2.34. The van der Waals surface area contributed by atoms with Crippen LogP contribution < -0.4 is 5.32 Å². The van der Waals surface area contributed by atoms with Gasteiger partial charge in [-0.2, -0.15) is 0 Å². The zero-order valence-corrected chi connectivity index (χ0v) is 11.0. The Morgan fingerprint density at radius 1 is 1.53 bits per heavy atom. The fourth-order valence-electron chi connectivity index (χ4n) is 2.34. The first-order valence-corrected chi connectivity index (χ1v) is 6.55. The van der Waals surface area contributed by atoms with E-state index in [1.807, 2.05) is 0 Å². The Kier molecular flexibility index (Phi) is 3.99. The number of nitrogens with zero attached hydrogens (tertiary/aromatic N) is 2. The number of hydrogen-bond acceptors (Lipinski definition) is 5. The van der Waals surface area contributed by atoms with Gasteiger partial charge in [-0.3, -0.25) is 0 Å². The van der Waals surface area contributed by atoms with E-state index in [-0.39, 0.29) is 5.82 Å². The normalized spacial score (nSPS) is 26.9. The van der Waals surface area contributed by atoms with Crippen LogP contribution in [0.1, 0.15) is 32.6 Å². The van der Waals surface area contributed by atoms with Gasteiger partial charge < -0.3 is 20.5 Å². The average Bonchev–Trinajstić information content (AvgIpc) is 2.41. The van der Waals surface area contributed by atoms with E-state index >= 15 is 0 Å². The number of rotatable bonds is 4. The van der Waals surface area contributed by atoms with Gasteiger partial charge in [0.25, 0.3) is 0 Å². The molecular weight excluding hydrogens is 246 g/mol. The largest absolute Gasteiger partial charge is 0.388 e. The van der Waals surface area contributed by atoms with E-state index in [2.05, 4.69) is 17.2 Å². The molecule has 1 saturated carbocycles. The Morgan fingerprint density at radius 3 is 2.74 bits per heavy atom. The summed E-state index contributed by atoms with van der Waals surface area (Å²) in [6.45, 7) is 2.66. The summed E-state index contributed by atoms with van der Waals surface area (Å²) in [5.74, 6) is 0.511. The highest BCUT2D eigenvalue weighted by Crippen LogP contribution is 2.31. The van der Waals surface area contributed by atoms with Crippen LogP contribution in [0.25, 0.3) is 0 Å². The van der Waals surface area contributed by atoms with Crippen molar-refractivity contribution in [3.63, 3.8) is 0 Å². The van der Waals surface area contributed by atoms with E-state index in [0.29, 0.717) is 18.2 Å². The molecular formula is C13H19N3O3. The first-order chi connectivity index (χ1) is 8.98. The zero-order valence-electron chi connectivity index (χ0n) is 11.0. The second-order valence-corrected chi connectivity index (χ2v) is 5.42. The first-order valence-electron chi connectivity index (χ1n) is 6.55. The number of nitrogens with one attached hydrogen (secondary N) is 1. The number of pyridine rings is 1. The molecule has 0 spiro atoms. The van der Waals surface area contributed by atoms with Crippen LogP contribution in [0.15, 0.2) is 18.3 Å². The molecule has 1 aliphatic carbocycles. The Hall–Kier alpha value is -1.69. The second-order valence-electron chi connectivity index (χ2n) is 5.42. The summed E-state index contributed by atoms with van der Waals surface area (Å²) in [4.78, 5) is 13.7. The summed E-state index contributed by atoms with van der Waals surface area (Å²) >= 11 is 0. The van der Waals surface area contributed by atoms with E-state index in [4.69, 9.17) is 0 Å². The van der Waals surface area contributed by atoms with Crippen LogP contribution >= 0.6 is 0 Å². The van der Waals surface area contributed by atoms with Gasteiger partial charge in [0.05, 0.1) is 11.3 Å².